The highest BCUT2D eigenvalue weighted by Gasteiger charge is 2.38. The summed E-state index contributed by atoms with van der Waals surface area (Å²) in [6.07, 6.45) is 6.29. The van der Waals surface area contributed by atoms with Gasteiger partial charge >= 0.3 is 5.97 Å². The number of rotatable bonds is 3. The van der Waals surface area contributed by atoms with Crippen LogP contribution in [0.15, 0.2) is 55.1 Å². The SMILES string of the molecule is Cn1cc(-c2cncc(C(=O)ON3C(=O)c4ccccc4C3=O)c2)cn1. The van der Waals surface area contributed by atoms with Crippen molar-refractivity contribution >= 4 is 17.8 Å². The number of hydrogen-bond donors (Lipinski definition) is 0. The molecule has 0 fully saturated rings. The fourth-order valence-electron chi connectivity index (χ4n) is 2.67. The van der Waals surface area contributed by atoms with Crippen LogP contribution in [0, 0.1) is 0 Å². The zero-order valence-electron chi connectivity index (χ0n) is 13.6. The lowest BCUT2D eigenvalue weighted by molar-refractivity contribution is -0.0584. The largest absolute Gasteiger partial charge is 0.365 e. The van der Waals surface area contributed by atoms with E-state index in [0.717, 1.165) is 5.56 Å². The lowest BCUT2D eigenvalue weighted by Gasteiger charge is -2.12. The van der Waals surface area contributed by atoms with E-state index in [-0.39, 0.29) is 16.7 Å². The fourth-order valence-corrected chi connectivity index (χ4v) is 2.67. The summed E-state index contributed by atoms with van der Waals surface area (Å²) in [6.45, 7) is 0. The van der Waals surface area contributed by atoms with Crippen molar-refractivity contribution in [2.45, 2.75) is 0 Å². The van der Waals surface area contributed by atoms with Gasteiger partial charge in [-0.25, -0.2) is 4.79 Å². The van der Waals surface area contributed by atoms with Crippen LogP contribution in [-0.4, -0.2) is 37.6 Å². The van der Waals surface area contributed by atoms with Gasteiger partial charge in [-0.1, -0.05) is 17.2 Å². The number of carbonyl (C=O) groups is 3. The van der Waals surface area contributed by atoms with Gasteiger partial charge in [-0.05, 0) is 18.2 Å². The summed E-state index contributed by atoms with van der Waals surface area (Å²) in [5.41, 5.74) is 1.95. The van der Waals surface area contributed by atoms with Crippen LogP contribution in [0.25, 0.3) is 11.1 Å². The Kier molecular flexibility index (Phi) is 3.58. The van der Waals surface area contributed by atoms with Crippen molar-refractivity contribution in [2.24, 2.45) is 7.05 Å². The third-order valence-electron chi connectivity index (χ3n) is 3.94. The second-order valence-electron chi connectivity index (χ2n) is 5.69. The summed E-state index contributed by atoms with van der Waals surface area (Å²) in [6, 6.07) is 7.85. The van der Waals surface area contributed by atoms with Crippen molar-refractivity contribution in [1.29, 1.82) is 0 Å². The predicted octanol–water partition coefficient (Wildman–Crippen LogP) is 1.85. The van der Waals surface area contributed by atoms with E-state index in [4.69, 9.17) is 4.84 Å². The molecule has 2 amide bonds. The van der Waals surface area contributed by atoms with E-state index >= 15 is 0 Å². The first-order valence-corrected chi connectivity index (χ1v) is 7.69. The summed E-state index contributed by atoms with van der Waals surface area (Å²) < 4.78 is 1.62. The maximum absolute atomic E-state index is 12.4. The number of imide groups is 1. The van der Waals surface area contributed by atoms with Crippen LogP contribution in [0.1, 0.15) is 31.1 Å². The highest BCUT2D eigenvalue weighted by Crippen LogP contribution is 2.24. The lowest BCUT2D eigenvalue weighted by atomic mass is 10.1. The number of hydrogen-bond acceptors (Lipinski definition) is 6. The van der Waals surface area contributed by atoms with Crippen LogP contribution in [0.4, 0.5) is 0 Å². The highest BCUT2D eigenvalue weighted by atomic mass is 16.7. The third kappa shape index (κ3) is 2.53. The van der Waals surface area contributed by atoms with E-state index < -0.39 is 17.8 Å². The van der Waals surface area contributed by atoms with Gasteiger partial charge < -0.3 is 4.84 Å². The van der Waals surface area contributed by atoms with Crippen LogP contribution in [0.3, 0.4) is 0 Å². The van der Waals surface area contributed by atoms with E-state index in [1.165, 1.54) is 18.3 Å². The molecule has 0 aliphatic carbocycles. The summed E-state index contributed by atoms with van der Waals surface area (Å²) in [7, 11) is 1.78. The Labute approximate surface area is 147 Å². The first-order valence-electron chi connectivity index (χ1n) is 7.69. The molecule has 8 heteroatoms. The first-order chi connectivity index (χ1) is 12.5. The van der Waals surface area contributed by atoms with Crippen molar-refractivity contribution in [3.8, 4) is 11.1 Å². The van der Waals surface area contributed by atoms with E-state index in [2.05, 4.69) is 10.1 Å². The predicted molar refractivity (Wildman–Crippen MR) is 88.8 cm³/mol. The van der Waals surface area contributed by atoms with Crippen molar-refractivity contribution in [1.82, 2.24) is 19.8 Å². The van der Waals surface area contributed by atoms with Crippen molar-refractivity contribution in [3.63, 3.8) is 0 Å². The monoisotopic (exact) mass is 348 g/mol. The molecule has 0 N–H and O–H groups in total. The van der Waals surface area contributed by atoms with Crippen LogP contribution < -0.4 is 0 Å². The molecule has 3 heterocycles. The molecule has 1 aliphatic heterocycles. The zero-order valence-corrected chi connectivity index (χ0v) is 13.6. The molecular weight excluding hydrogens is 336 g/mol. The maximum Gasteiger partial charge on any atom is 0.365 e. The molecule has 8 nitrogen and oxygen atoms in total. The minimum absolute atomic E-state index is 0.114. The number of pyridine rings is 1. The third-order valence-corrected chi connectivity index (χ3v) is 3.94. The van der Waals surface area contributed by atoms with Crippen molar-refractivity contribution < 1.29 is 19.2 Å². The molecule has 26 heavy (non-hydrogen) atoms. The van der Waals surface area contributed by atoms with Gasteiger partial charge in [0.25, 0.3) is 11.8 Å². The number of aromatic nitrogens is 3. The molecule has 4 rings (SSSR count). The number of amides is 2. The Morgan fingerprint density at radius 1 is 1.00 bits per heavy atom. The lowest BCUT2D eigenvalue weighted by Crippen LogP contribution is -2.32. The van der Waals surface area contributed by atoms with Gasteiger partial charge in [0.05, 0.1) is 22.9 Å². The average molecular weight is 348 g/mol. The highest BCUT2D eigenvalue weighted by molar-refractivity contribution is 6.21. The topological polar surface area (TPSA) is 94.4 Å². The van der Waals surface area contributed by atoms with Crippen LogP contribution in [0.2, 0.25) is 0 Å². The molecule has 0 spiro atoms. The second kappa shape index (κ2) is 5.92. The van der Waals surface area contributed by atoms with Gasteiger partial charge in [-0.15, -0.1) is 0 Å². The van der Waals surface area contributed by atoms with Crippen LogP contribution >= 0.6 is 0 Å². The van der Waals surface area contributed by atoms with E-state index in [1.807, 2.05) is 0 Å². The maximum atomic E-state index is 12.4. The zero-order chi connectivity index (χ0) is 18.3. The summed E-state index contributed by atoms with van der Waals surface area (Å²) in [4.78, 5) is 46.0. The quantitative estimate of drug-likeness (QED) is 0.671. The fraction of sp³-hybridized carbons (Fsp3) is 0.0556. The number of aryl methyl sites for hydroxylation is 1. The molecule has 0 unspecified atom stereocenters. The van der Waals surface area contributed by atoms with Crippen LogP contribution in [0.5, 0.6) is 0 Å². The number of carbonyl (C=O) groups excluding carboxylic acids is 3. The molecule has 0 radical (unpaired) electrons. The Morgan fingerprint density at radius 2 is 1.69 bits per heavy atom. The second-order valence-corrected chi connectivity index (χ2v) is 5.69. The summed E-state index contributed by atoms with van der Waals surface area (Å²) in [5.74, 6) is -2.19. The van der Waals surface area contributed by atoms with Crippen LogP contribution in [-0.2, 0) is 11.9 Å². The van der Waals surface area contributed by atoms with Gasteiger partial charge in [0.1, 0.15) is 0 Å². The van der Waals surface area contributed by atoms with Gasteiger partial charge in [-0.2, -0.15) is 5.10 Å². The molecule has 0 atom stereocenters. The Bertz CT molecular complexity index is 1020. The van der Waals surface area contributed by atoms with E-state index in [0.29, 0.717) is 10.6 Å². The molecule has 0 saturated heterocycles. The molecule has 128 valence electrons. The standard InChI is InChI=1S/C18H12N4O4/c1-21-10-13(9-20-21)11-6-12(8-19-7-11)18(25)26-22-16(23)14-4-2-3-5-15(14)17(22)24/h2-10H,1H3. The molecular formula is C18H12N4O4. The molecule has 2 aromatic heterocycles. The molecule has 3 aromatic rings. The van der Waals surface area contributed by atoms with Crippen molar-refractivity contribution in [2.75, 3.05) is 0 Å². The van der Waals surface area contributed by atoms with E-state index in [9.17, 15) is 14.4 Å². The Hall–Kier alpha value is -3.81. The van der Waals surface area contributed by atoms with E-state index in [1.54, 1.807) is 48.5 Å². The Morgan fingerprint density at radius 3 is 2.31 bits per heavy atom. The first kappa shape index (κ1) is 15.7. The normalized spacial score (nSPS) is 13.0. The van der Waals surface area contributed by atoms with Gasteiger partial charge in [0.2, 0.25) is 0 Å². The number of hydroxylamine groups is 2. The summed E-state index contributed by atoms with van der Waals surface area (Å²) >= 11 is 0. The average Bonchev–Trinajstić information content (AvgIpc) is 3.20. The molecule has 0 bridgehead atoms. The molecule has 1 aromatic carbocycles. The minimum atomic E-state index is -0.849. The number of fused-ring (bicyclic) bond motifs is 1. The van der Waals surface area contributed by atoms with Gasteiger partial charge in [0.15, 0.2) is 0 Å². The van der Waals surface area contributed by atoms with Crippen molar-refractivity contribution in [3.05, 3.63) is 71.8 Å². The molecule has 1 aliphatic rings. The number of benzene rings is 1. The Balaban J connectivity index is 1.58. The van der Waals surface area contributed by atoms with Gasteiger partial charge in [0, 0.05) is 36.8 Å². The van der Waals surface area contributed by atoms with Gasteiger partial charge in [-0.3, -0.25) is 19.3 Å². The number of nitrogens with zero attached hydrogens (tertiary/aromatic N) is 4. The summed E-state index contributed by atoms with van der Waals surface area (Å²) in [5, 5.41) is 4.54. The smallest absolute Gasteiger partial charge is 0.324 e. The molecule has 0 saturated carbocycles. The minimum Gasteiger partial charge on any atom is -0.324 e.